The highest BCUT2D eigenvalue weighted by molar-refractivity contribution is 5.68. The van der Waals surface area contributed by atoms with Gasteiger partial charge in [-0.3, -0.25) is 0 Å². The van der Waals surface area contributed by atoms with E-state index in [1.165, 1.54) is 0 Å². The molecule has 0 aromatic rings. The molecular formula is C11H21NO4. The molecule has 16 heavy (non-hydrogen) atoms. The lowest BCUT2D eigenvalue weighted by Crippen LogP contribution is -2.49. The van der Waals surface area contributed by atoms with Crippen molar-refractivity contribution in [1.29, 1.82) is 0 Å². The second-order valence-corrected chi connectivity index (χ2v) is 5.06. The Hall–Kier alpha value is -0.810. The maximum atomic E-state index is 11.5. The van der Waals surface area contributed by atoms with Crippen molar-refractivity contribution in [2.75, 3.05) is 19.8 Å². The number of rotatable bonds is 2. The van der Waals surface area contributed by atoms with Gasteiger partial charge in [0.25, 0.3) is 0 Å². The van der Waals surface area contributed by atoms with E-state index < -0.39 is 11.7 Å². The summed E-state index contributed by atoms with van der Waals surface area (Å²) in [5.74, 6) is 0.0567. The molecule has 0 aromatic carbocycles. The predicted octanol–water partition coefficient (Wildman–Crippen LogP) is 0.908. The summed E-state index contributed by atoms with van der Waals surface area (Å²) in [5, 5.41) is 11.9. The van der Waals surface area contributed by atoms with Crippen LogP contribution in [0.5, 0.6) is 0 Å². The Kier molecular flexibility index (Phi) is 4.56. The molecule has 2 atom stereocenters. The number of carbonyl (C=O) groups is 1. The molecule has 1 fully saturated rings. The zero-order chi connectivity index (χ0) is 12.2. The normalized spacial score (nSPS) is 26.2. The number of alkyl carbamates (subject to hydrolysis) is 1. The van der Waals surface area contributed by atoms with Crippen LogP contribution in [0.25, 0.3) is 0 Å². The summed E-state index contributed by atoms with van der Waals surface area (Å²) >= 11 is 0. The van der Waals surface area contributed by atoms with E-state index >= 15 is 0 Å². The van der Waals surface area contributed by atoms with E-state index in [9.17, 15) is 4.79 Å². The molecule has 0 saturated carbocycles. The van der Waals surface area contributed by atoms with Crippen LogP contribution in [0.3, 0.4) is 0 Å². The minimum atomic E-state index is -0.506. The molecule has 1 rings (SSSR count). The van der Waals surface area contributed by atoms with Gasteiger partial charge in [0.05, 0.1) is 12.6 Å². The number of amides is 1. The smallest absolute Gasteiger partial charge is 0.407 e. The van der Waals surface area contributed by atoms with Crippen LogP contribution >= 0.6 is 0 Å². The number of ether oxygens (including phenoxy) is 2. The molecule has 5 nitrogen and oxygen atoms in total. The quantitative estimate of drug-likeness (QED) is 0.741. The van der Waals surface area contributed by atoms with Crippen LogP contribution in [-0.2, 0) is 9.47 Å². The van der Waals surface area contributed by atoms with Crippen LogP contribution < -0.4 is 5.32 Å². The van der Waals surface area contributed by atoms with E-state index in [1.807, 2.05) is 20.8 Å². The number of carbonyl (C=O) groups excluding carboxylic acids is 1. The van der Waals surface area contributed by atoms with E-state index in [-0.39, 0.29) is 18.6 Å². The average molecular weight is 231 g/mol. The van der Waals surface area contributed by atoms with Gasteiger partial charge in [0, 0.05) is 19.1 Å². The lowest BCUT2D eigenvalue weighted by atomic mass is 9.96. The van der Waals surface area contributed by atoms with Crippen molar-refractivity contribution in [2.24, 2.45) is 5.92 Å². The van der Waals surface area contributed by atoms with Gasteiger partial charge in [-0.2, -0.15) is 0 Å². The number of nitrogens with one attached hydrogen (secondary N) is 1. The van der Waals surface area contributed by atoms with E-state index in [2.05, 4.69) is 5.32 Å². The van der Waals surface area contributed by atoms with Crippen LogP contribution in [0.2, 0.25) is 0 Å². The first-order chi connectivity index (χ1) is 7.42. The number of hydrogen-bond donors (Lipinski definition) is 2. The SMILES string of the molecule is CC(C)(C)OC(=O)NC1COCCC1CO. The van der Waals surface area contributed by atoms with E-state index in [4.69, 9.17) is 14.6 Å². The molecule has 0 spiro atoms. The third kappa shape index (κ3) is 4.37. The number of hydrogen-bond acceptors (Lipinski definition) is 4. The first kappa shape index (κ1) is 13.3. The monoisotopic (exact) mass is 231 g/mol. The molecule has 5 heteroatoms. The summed E-state index contributed by atoms with van der Waals surface area (Å²) in [7, 11) is 0. The van der Waals surface area contributed by atoms with Crippen LogP contribution in [0.15, 0.2) is 0 Å². The van der Waals surface area contributed by atoms with Crippen molar-refractivity contribution in [2.45, 2.75) is 38.8 Å². The summed E-state index contributed by atoms with van der Waals surface area (Å²) in [6.45, 7) is 6.57. The molecule has 1 heterocycles. The van der Waals surface area contributed by atoms with Crippen molar-refractivity contribution in [1.82, 2.24) is 5.32 Å². The van der Waals surface area contributed by atoms with Crippen molar-refractivity contribution in [3.05, 3.63) is 0 Å². The molecule has 1 aliphatic heterocycles. The molecule has 0 aliphatic carbocycles. The van der Waals surface area contributed by atoms with Gasteiger partial charge in [0.1, 0.15) is 5.60 Å². The van der Waals surface area contributed by atoms with Gasteiger partial charge in [-0.25, -0.2) is 4.79 Å². The zero-order valence-electron chi connectivity index (χ0n) is 10.2. The summed E-state index contributed by atoms with van der Waals surface area (Å²) < 4.78 is 10.4. The largest absolute Gasteiger partial charge is 0.444 e. The molecule has 1 saturated heterocycles. The summed E-state index contributed by atoms with van der Waals surface area (Å²) in [5.41, 5.74) is -0.506. The van der Waals surface area contributed by atoms with Crippen molar-refractivity contribution >= 4 is 6.09 Å². The fourth-order valence-electron chi connectivity index (χ4n) is 1.62. The molecule has 2 N–H and O–H groups in total. The van der Waals surface area contributed by atoms with Gasteiger partial charge in [-0.1, -0.05) is 0 Å². The van der Waals surface area contributed by atoms with Gasteiger partial charge >= 0.3 is 6.09 Å². The highest BCUT2D eigenvalue weighted by Gasteiger charge is 2.28. The molecule has 1 amide bonds. The molecule has 2 unspecified atom stereocenters. The second kappa shape index (κ2) is 5.50. The van der Waals surface area contributed by atoms with Gasteiger partial charge in [-0.15, -0.1) is 0 Å². The number of aliphatic hydroxyl groups excluding tert-OH is 1. The van der Waals surface area contributed by atoms with Crippen molar-refractivity contribution in [3.8, 4) is 0 Å². The highest BCUT2D eigenvalue weighted by atomic mass is 16.6. The Morgan fingerprint density at radius 2 is 2.25 bits per heavy atom. The standard InChI is InChI=1S/C11H21NO4/c1-11(2,3)16-10(14)12-9-7-15-5-4-8(9)6-13/h8-9,13H,4-7H2,1-3H3,(H,12,14). The minimum absolute atomic E-state index is 0.0567. The molecule has 1 aliphatic rings. The van der Waals surface area contributed by atoms with Crippen LogP contribution in [0, 0.1) is 5.92 Å². The lowest BCUT2D eigenvalue weighted by molar-refractivity contribution is 0.00462. The van der Waals surface area contributed by atoms with Gasteiger partial charge in [-0.05, 0) is 27.2 Å². The molecule has 94 valence electrons. The fraction of sp³-hybridized carbons (Fsp3) is 0.909. The second-order valence-electron chi connectivity index (χ2n) is 5.06. The first-order valence-electron chi connectivity index (χ1n) is 5.60. The lowest BCUT2D eigenvalue weighted by Gasteiger charge is -2.31. The Morgan fingerprint density at radius 1 is 1.56 bits per heavy atom. The minimum Gasteiger partial charge on any atom is -0.444 e. The highest BCUT2D eigenvalue weighted by Crippen LogP contribution is 2.15. The topological polar surface area (TPSA) is 67.8 Å². The molecule has 0 aromatic heterocycles. The third-order valence-corrected chi connectivity index (χ3v) is 2.44. The third-order valence-electron chi connectivity index (χ3n) is 2.44. The van der Waals surface area contributed by atoms with Gasteiger partial charge in [0.2, 0.25) is 0 Å². The molecule has 0 radical (unpaired) electrons. The van der Waals surface area contributed by atoms with Crippen LogP contribution in [0.4, 0.5) is 4.79 Å². The molecule has 0 bridgehead atoms. The van der Waals surface area contributed by atoms with Gasteiger partial charge in [0.15, 0.2) is 0 Å². The van der Waals surface area contributed by atoms with E-state index in [1.54, 1.807) is 0 Å². The predicted molar refractivity (Wildman–Crippen MR) is 59.2 cm³/mol. The maximum absolute atomic E-state index is 11.5. The van der Waals surface area contributed by atoms with Gasteiger partial charge < -0.3 is 19.9 Å². The Bertz CT molecular complexity index is 237. The Morgan fingerprint density at radius 3 is 2.81 bits per heavy atom. The fourth-order valence-corrected chi connectivity index (χ4v) is 1.62. The molecular weight excluding hydrogens is 210 g/mol. The summed E-state index contributed by atoms with van der Waals surface area (Å²) in [4.78, 5) is 11.5. The van der Waals surface area contributed by atoms with E-state index in [0.717, 1.165) is 6.42 Å². The average Bonchev–Trinajstić information content (AvgIpc) is 2.15. The summed E-state index contributed by atoms with van der Waals surface area (Å²) in [6.07, 6.45) is 0.304. The summed E-state index contributed by atoms with van der Waals surface area (Å²) in [6, 6.07) is -0.159. The maximum Gasteiger partial charge on any atom is 0.407 e. The van der Waals surface area contributed by atoms with Crippen LogP contribution in [-0.4, -0.2) is 42.7 Å². The Labute approximate surface area is 96.1 Å². The van der Waals surface area contributed by atoms with Crippen LogP contribution in [0.1, 0.15) is 27.2 Å². The van der Waals surface area contributed by atoms with E-state index in [0.29, 0.717) is 13.2 Å². The van der Waals surface area contributed by atoms with Crippen molar-refractivity contribution < 1.29 is 19.4 Å². The van der Waals surface area contributed by atoms with Crippen molar-refractivity contribution in [3.63, 3.8) is 0 Å². The zero-order valence-corrected chi connectivity index (χ0v) is 10.2. The number of aliphatic hydroxyl groups is 1. The Balaban J connectivity index is 2.42. The first-order valence-corrected chi connectivity index (χ1v) is 5.60.